The number of hydrogen-bond donors (Lipinski definition) is 2. The minimum atomic E-state index is -1.95. The van der Waals surface area contributed by atoms with Crippen molar-refractivity contribution in [3.8, 4) is 0 Å². The average Bonchev–Trinajstić information content (AvgIpc) is 2.35. The molecule has 0 fully saturated rings. The van der Waals surface area contributed by atoms with E-state index in [9.17, 15) is 29.5 Å². The maximum atomic E-state index is 13.1. The molecule has 7 nitrogen and oxygen atoms in total. The van der Waals surface area contributed by atoms with Gasteiger partial charge in [0.2, 0.25) is 0 Å². The van der Waals surface area contributed by atoms with Gasteiger partial charge in [0, 0.05) is 6.07 Å². The number of nitro benzene ring substituents is 1. The molecule has 2 unspecified atom stereocenters. The van der Waals surface area contributed by atoms with Crippen molar-refractivity contribution in [3.05, 3.63) is 39.7 Å². The second-order valence-corrected chi connectivity index (χ2v) is 3.41. The first-order chi connectivity index (χ1) is 8.36. The van der Waals surface area contributed by atoms with E-state index in [1.807, 2.05) is 0 Å². The van der Waals surface area contributed by atoms with Gasteiger partial charge in [-0.15, -0.1) is 0 Å². The van der Waals surface area contributed by atoms with Gasteiger partial charge in [0.15, 0.2) is 6.10 Å². The smallest absolute Gasteiger partial charge is 0.337 e. The quantitative estimate of drug-likeness (QED) is 0.457. The normalized spacial score (nSPS) is 13.8. The number of rotatable bonds is 4. The molecule has 2 N–H and O–H groups in total. The van der Waals surface area contributed by atoms with E-state index >= 15 is 0 Å². The predicted octanol–water partition coefficient (Wildman–Crippen LogP) is 0.301. The van der Waals surface area contributed by atoms with Crippen LogP contribution < -0.4 is 0 Å². The van der Waals surface area contributed by atoms with E-state index in [-0.39, 0.29) is 5.56 Å². The summed E-state index contributed by atoms with van der Waals surface area (Å²) >= 11 is 0. The molecule has 0 spiro atoms. The molecule has 1 aromatic carbocycles. The van der Waals surface area contributed by atoms with E-state index in [0.29, 0.717) is 6.07 Å². The highest BCUT2D eigenvalue weighted by molar-refractivity contribution is 5.75. The van der Waals surface area contributed by atoms with E-state index in [4.69, 9.17) is 0 Å². The van der Waals surface area contributed by atoms with Crippen molar-refractivity contribution < 1.29 is 29.1 Å². The van der Waals surface area contributed by atoms with Crippen molar-refractivity contribution >= 4 is 11.7 Å². The lowest BCUT2D eigenvalue weighted by Gasteiger charge is -2.15. The fraction of sp³-hybridized carbons (Fsp3) is 0.300. The summed E-state index contributed by atoms with van der Waals surface area (Å²) in [6.45, 7) is 0. The van der Waals surface area contributed by atoms with E-state index in [2.05, 4.69) is 4.74 Å². The van der Waals surface area contributed by atoms with Gasteiger partial charge in [-0.3, -0.25) is 10.1 Å². The highest BCUT2D eigenvalue weighted by Crippen LogP contribution is 2.24. The molecule has 18 heavy (non-hydrogen) atoms. The van der Waals surface area contributed by atoms with Crippen LogP contribution in [0, 0.1) is 15.9 Å². The lowest BCUT2D eigenvalue weighted by atomic mass is 10.0. The van der Waals surface area contributed by atoms with E-state index in [1.54, 1.807) is 0 Å². The second-order valence-electron chi connectivity index (χ2n) is 3.41. The van der Waals surface area contributed by atoms with Crippen LogP contribution in [-0.4, -0.2) is 34.3 Å². The molecular weight excluding hydrogens is 249 g/mol. The summed E-state index contributed by atoms with van der Waals surface area (Å²) in [4.78, 5) is 20.6. The van der Waals surface area contributed by atoms with Crippen LogP contribution in [0.15, 0.2) is 18.2 Å². The Bertz CT molecular complexity index is 477. The molecule has 0 heterocycles. The van der Waals surface area contributed by atoms with Crippen molar-refractivity contribution in [1.82, 2.24) is 0 Å². The number of aliphatic hydroxyl groups excluding tert-OH is 2. The summed E-state index contributed by atoms with van der Waals surface area (Å²) in [5, 5.41) is 29.4. The second kappa shape index (κ2) is 5.52. The standard InChI is InChI=1S/C10H10FNO6/c1-18-10(15)9(14)8(13)5-2-6(11)4-7(3-5)12(16)17/h2-4,8-9,13-14H,1H3. The molecule has 98 valence electrons. The number of aliphatic hydroxyl groups is 2. The zero-order chi connectivity index (χ0) is 13.9. The van der Waals surface area contributed by atoms with Crippen LogP contribution in [0.25, 0.3) is 0 Å². The summed E-state index contributed by atoms with van der Waals surface area (Å²) in [6, 6.07) is 2.30. The number of benzene rings is 1. The van der Waals surface area contributed by atoms with Crippen LogP contribution in [0.1, 0.15) is 11.7 Å². The number of esters is 1. The Morgan fingerprint density at radius 2 is 2.06 bits per heavy atom. The zero-order valence-electron chi connectivity index (χ0n) is 9.24. The van der Waals surface area contributed by atoms with Gasteiger partial charge >= 0.3 is 5.97 Å². The van der Waals surface area contributed by atoms with Gasteiger partial charge in [-0.05, 0) is 11.6 Å². The molecule has 8 heteroatoms. The van der Waals surface area contributed by atoms with Crippen molar-refractivity contribution in [2.24, 2.45) is 0 Å². The summed E-state index contributed by atoms with van der Waals surface area (Å²) in [5.41, 5.74) is -0.888. The number of hydrogen-bond acceptors (Lipinski definition) is 6. The van der Waals surface area contributed by atoms with Crippen molar-refractivity contribution in [2.75, 3.05) is 7.11 Å². The van der Waals surface area contributed by atoms with Crippen LogP contribution in [0.4, 0.5) is 10.1 Å². The minimum Gasteiger partial charge on any atom is -0.467 e. The number of carbonyl (C=O) groups excluding carboxylic acids is 1. The van der Waals surface area contributed by atoms with E-state index in [1.165, 1.54) is 0 Å². The molecule has 1 rings (SSSR count). The first kappa shape index (κ1) is 14.0. The fourth-order valence-corrected chi connectivity index (χ4v) is 1.30. The fourth-order valence-electron chi connectivity index (χ4n) is 1.30. The lowest BCUT2D eigenvalue weighted by Crippen LogP contribution is -2.29. The van der Waals surface area contributed by atoms with Crippen molar-refractivity contribution in [3.63, 3.8) is 0 Å². The summed E-state index contributed by atoms with van der Waals surface area (Å²) in [7, 11) is 0.992. The molecule has 2 atom stereocenters. The Balaban J connectivity index is 3.09. The van der Waals surface area contributed by atoms with Crippen LogP contribution in [0.5, 0.6) is 0 Å². The molecular formula is C10H10FNO6. The topological polar surface area (TPSA) is 110 Å². The summed E-state index contributed by atoms with van der Waals surface area (Å²) in [6.07, 6.45) is -3.76. The van der Waals surface area contributed by atoms with Gasteiger partial charge in [-0.25, -0.2) is 9.18 Å². The van der Waals surface area contributed by atoms with Crippen LogP contribution in [-0.2, 0) is 9.53 Å². The van der Waals surface area contributed by atoms with Gasteiger partial charge in [-0.2, -0.15) is 0 Å². The van der Waals surface area contributed by atoms with Gasteiger partial charge in [-0.1, -0.05) is 0 Å². The molecule has 0 aliphatic heterocycles. The zero-order valence-corrected chi connectivity index (χ0v) is 9.24. The third-order valence-corrected chi connectivity index (χ3v) is 2.20. The van der Waals surface area contributed by atoms with Crippen LogP contribution >= 0.6 is 0 Å². The number of nitro groups is 1. The highest BCUT2D eigenvalue weighted by atomic mass is 19.1. The Labute approximate surface area is 101 Å². The number of non-ortho nitro benzene ring substituents is 1. The molecule has 0 aliphatic rings. The highest BCUT2D eigenvalue weighted by Gasteiger charge is 2.28. The molecule has 0 radical (unpaired) electrons. The summed E-state index contributed by atoms with van der Waals surface area (Å²) in [5.74, 6) is -2.09. The molecule has 0 amide bonds. The molecule has 1 aromatic rings. The maximum absolute atomic E-state index is 13.1. The third kappa shape index (κ3) is 2.99. The Kier molecular flexibility index (Phi) is 4.29. The minimum absolute atomic E-state index is 0.292. The molecule has 0 bridgehead atoms. The Morgan fingerprint density at radius 1 is 1.44 bits per heavy atom. The number of ether oxygens (including phenoxy) is 1. The average molecular weight is 259 g/mol. The first-order valence-electron chi connectivity index (χ1n) is 4.75. The van der Waals surface area contributed by atoms with E-state index < -0.39 is 34.6 Å². The first-order valence-corrected chi connectivity index (χ1v) is 4.75. The maximum Gasteiger partial charge on any atom is 0.337 e. The molecule has 0 aromatic heterocycles. The van der Waals surface area contributed by atoms with E-state index in [0.717, 1.165) is 19.2 Å². The Morgan fingerprint density at radius 3 is 2.56 bits per heavy atom. The Hall–Kier alpha value is -2.06. The number of nitrogens with zero attached hydrogens (tertiary/aromatic N) is 1. The van der Waals surface area contributed by atoms with Gasteiger partial charge in [0.1, 0.15) is 11.9 Å². The number of halogens is 1. The van der Waals surface area contributed by atoms with Gasteiger partial charge < -0.3 is 14.9 Å². The monoisotopic (exact) mass is 259 g/mol. The number of methoxy groups -OCH3 is 1. The lowest BCUT2D eigenvalue weighted by molar-refractivity contribution is -0.385. The predicted molar refractivity (Wildman–Crippen MR) is 56.0 cm³/mol. The van der Waals surface area contributed by atoms with Crippen LogP contribution in [0.3, 0.4) is 0 Å². The van der Waals surface area contributed by atoms with Crippen molar-refractivity contribution in [2.45, 2.75) is 12.2 Å². The molecule has 0 aliphatic carbocycles. The molecule has 0 saturated carbocycles. The third-order valence-electron chi connectivity index (χ3n) is 2.20. The largest absolute Gasteiger partial charge is 0.467 e. The number of carbonyl (C=O) groups is 1. The summed E-state index contributed by atoms with van der Waals surface area (Å²) < 4.78 is 17.3. The molecule has 0 saturated heterocycles. The van der Waals surface area contributed by atoms with Gasteiger partial charge in [0.25, 0.3) is 5.69 Å². The van der Waals surface area contributed by atoms with Crippen molar-refractivity contribution in [1.29, 1.82) is 0 Å². The van der Waals surface area contributed by atoms with Gasteiger partial charge in [0.05, 0.1) is 18.1 Å². The van der Waals surface area contributed by atoms with Crippen LogP contribution in [0.2, 0.25) is 0 Å². The SMILES string of the molecule is COC(=O)C(O)C(O)c1cc(F)cc([N+](=O)[O-])c1.